The van der Waals surface area contributed by atoms with E-state index in [9.17, 15) is 0 Å². The van der Waals surface area contributed by atoms with E-state index >= 15 is 0 Å². The van der Waals surface area contributed by atoms with Crippen LogP contribution in [0.15, 0.2) is 29.4 Å². The fourth-order valence-electron chi connectivity index (χ4n) is 1.82. The molecular weight excluding hydrogens is 176 g/mol. The second kappa shape index (κ2) is 4.03. The van der Waals surface area contributed by atoms with Gasteiger partial charge in [0.15, 0.2) is 0 Å². The van der Waals surface area contributed by atoms with Crippen LogP contribution in [0.4, 0.5) is 11.4 Å². The van der Waals surface area contributed by atoms with Crippen molar-refractivity contribution in [2.24, 2.45) is 5.11 Å². The maximum Gasteiger partial charge on any atom is 0.0609 e. The van der Waals surface area contributed by atoms with E-state index in [0.29, 0.717) is 0 Å². The van der Waals surface area contributed by atoms with Crippen molar-refractivity contribution in [3.05, 3.63) is 34.7 Å². The molecule has 2 rings (SSSR count). The van der Waals surface area contributed by atoms with Crippen molar-refractivity contribution in [2.75, 3.05) is 18.0 Å². The molecular formula is C10H12N4. The summed E-state index contributed by atoms with van der Waals surface area (Å²) >= 11 is 0. The van der Waals surface area contributed by atoms with Crippen LogP contribution in [0.3, 0.4) is 0 Å². The van der Waals surface area contributed by atoms with Crippen molar-refractivity contribution in [2.45, 2.75) is 12.8 Å². The monoisotopic (exact) mass is 188 g/mol. The van der Waals surface area contributed by atoms with Gasteiger partial charge < -0.3 is 4.90 Å². The van der Waals surface area contributed by atoms with Crippen molar-refractivity contribution in [1.29, 1.82) is 0 Å². The number of anilines is 1. The zero-order valence-corrected chi connectivity index (χ0v) is 7.93. The van der Waals surface area contributed by atoms with Gasteiger partial charge in [-0.3, -0.25) is 0 Å². The average Bonchev–Trinajstić information content (AvgIpc) is 2.72. The number of hydrogen-bond acceptors (Lipinski definition) is 2. The molecule has 0 atom stereocenters. The maximum atomic E-state index is 8.43. The van der Waals surface area contributed by atoms with Crippen molar-refractivity contribution in [1.82, 2.24) is 0 Å². The lowest BCUT2D eigenvalue weighted by atomic mass is 10.2. The SMILES string of the molecule is [N-]=[N+]=Nc1ccccc1N1CCCC1. The summed E-state index contributed by atoms with van der Waals surface area (Å²) in [7, 11) is 0. The molecule has 4 nitrogen and oxygen atoms in total. The van der Waals surface area contributed by atoms with Crippen LogP contribution in [0.5, 0.6) is 0 Å². The van der Waals surface area contributed by atoms with Gasteiger partial charge in [0.25, 0.3) is 0 Å². The van der Waals surface area contributed by atoms with Gasteiger partial charge in [-0.25, -0.2) is 0 Å². The molecule has 1 fully saturated rings. The first-order valence-corrected chi connectivity index (χ1v) is 4.81. The molecule has 1 heterocycles. The molecule has 1 aromatic rings. The summed E-state index contributed by atoms with van der Waals surface area (Å²) in [6, 6.07) is 7.73. The lowest BCUT2D eigenvalue weighted by molar-refractivity contribution is 0.949. The zero-order chi connectivity index (χ0) is 9.80. The molecule has 0 radical (unpaired) electrons. The van der Waals surface area contributed by atoms with Crippen molar-refractivity contribution in [3.63, 3.8) is 0 Å². The highest BCUT2D eigenvalue weighted by molar-refractivity contribution is 5.66. The molecule has 0 bridgehead atoms. The largest absolute Gasteiger partial charge is 0.371 e. The third kappa shape index (κ3) is 1.65. The third-order valence-electron chi connectivity index (χ3n) is 2.48. The molecule has 0 aromatic heterocycles. The first-order chi connectivity index (χ1) is 6.92. The normalized spacial score (nSPS) is 15.3. The predicted molar refractivity (Wildman–Crippen MR) is 56.7 cm³/mol. The minimum Gasteiger partial charge on any atom is -0.371 e. The van der Waals surface area contributed by atoms with Crippen LogP contribution in [0.25, 0.3) is 10.4 Å². The predicted octanol–water partition coefficient (Wildman–Crippen LogP) is 3.23. The van der Waals surface area contributed by atoms with E-state index < -0.39 is 0 Å². The van der Waals surface area contributed by atoms with Gasteiger partial charge >= 0.3 is 0 Å². The minimum atomic E-state index is 0.733. The summed E-state index contributed by atoms with van der Waals surface area (Å²) in [6.07, 6.45) is 2.45. The molecule has 0 spiro atoms. The fraction of sp³-hybridized carbons (Fsp3) is 0.400. The van der Waals surface area contributed by atoms with E-state index in [-0.39, 0.29) is 0 Å². The molecule has 0 amide bonds. The van der Waals surface area contributed by atoms with Gasteiger partial charge in [0.05, 0.1) is 5.69 Å². The molecule has 4 heteroatoms. The van der Waals surface area contributed by atoms with Crippen molar-refractivity contribution in [3.8, 4) is 0 Å². The van der Waals surface area contributed by atoms with Gasteiger partial charge in [0, 0.05) is 23.7 Å². The highest BCUT2D eigenvalue weighted by Gasteiger charge is 2.14. The second-order valence-corrected chi connectivity index (χ2v) is 3.37. The van der Waals surface area contributed by atoms with Gasteiger partial charge in [0.1, 0.15) is 0 Å². The summed E-state index contributed by atoms with van der Waals surface area (Å²) in [5.74, 6) is 0. The highest BCUT2D eigenvalue weighted by atomic mass is 15.2. The van der Waals surface area contributed by atoms with E-state index in [1.807, 2.05) is 24.3 Å². The van der Waals surface area contributed by atoms with Gasteiger partial charge in [-0.2, -0.15) is 0 Å². The number of rotatable bonds is 2. The van der Waals surface area contributed by atoms with E-state index in [4.69, 9.17) is 5.53 Å². The van der Waals surface area contributed by atoms with Crippen LogP contribution in [-0.4, -0.2) is 13.1 Å². The van der Waals surface area contributed by atoms with Crippen LogP contribution in [-0.2, 0) is 0 Å². The maximum absolute atomic E-state index is 8.43. The van der Waals surface area contributed by atoms with Crippen LogP contribution in [0.2, 0.25) is 0 Å². The van der Waals surface area contributed by atoms with E-state index in [1.165, 1.54) is 12.8 Å². The van der Waals surface area contributed by atoms with Crippen LogP contribution >= 0.6 is 0 Å². The van der Waals surface area contributed by atoms with Crippen LogP contribution in [0, 0.1) is 0 Å². The van der Waals surface area contributed by atoms with Crippen LogP contribution < -0.4 is 4.90 Å². The Morgan fingerprint density at radius 3 is 2.64 bits per heavy atom. The summed E-state index contributed by atoms with van der Waals surface area (Å²) < 4.78 is 0. The zero-order valence-electron chi connectivity index (χ0n) is 7.93. The molecule has 14 heavy (non-hydrogen) atoms. The Bertz CT molecular complexity index is 362. The molecule has 1 saturated heterocycles. The molecule has 0 aliphatic carbocycles. The third-order valence-corrected chi connectivity index (χ3v) is 2.48. The quantitative estimate of drug-likeness (QED) is 0.399. The van der Waals surface area contributed by atoms with Gasteiger partial charge in [-0.15, -0.1) is 0 Å². The summed E-state index contributed by atoms with van der Waals surface area (Å²) in [5, 5.41) is 3.69. The van der Waals surface area contributed by atoms with Crippen molar-refractivity contribution < 1.29 is 0 Å². The Balaban J connectivity index is 2.34. The Morgan fingerprint density at radius 1 is 1.21 bits per heavy atom. The Morgan fingerprint density at radius 2 is 1.93 bits per heavy atom. The molecule has 0 N–H and O–H groups in total. The minimum absolute atomic E-state index is 0.733. The van der Waals surface area contributed by atoms with Gasteiger partial charge in [-0.05, 0) is 24.4 Å². The number of azide groups is 1. The lowest BCUT2D eigenvalue weighted by Crippen LogP contribution is -2.17. The second-order valence-electron chi connectivity index (χ2n) is 3.37. The number of hydrogen-bond donors (Lipinski definition) is 0. The fourth-order valence-corrected chi connectivity index (χ4v) is 1.82. The number of nitrogens with zero attached hydrogens (tertiary/aromatic N) is 4. The number of benzene rings is 1. The topological polar surface area (TPSA) is 52.0 Å². The first kappa shape index (κ1) is 8.91. The molecule has 0 unspecified atom stereocenters. The van der Waals surface area contributed by atoms with E-state index in [2.05, 4.69) is 14.9 Å². The number of para-hydroxylation sites is 1. The van der Waals surface area contributed by atoms with Gasteiger partial charge in [-0.1, -0.05) is 23.3 Å². The Hall–Kier alpha value is -1.67. The molecule has 72 valence electrons. The summed E-state index contributed by atoms with van der Waals surface area (Å²) in [4.78, 5) is 5.10. The van der Waals surface area contributed by atoms with E-state index in [1.54, 1.807) is 0 Å². The summed E-state index contributed by atoms with van der Waals surface area (Å²) in [6.45, 7) is 2.13. The smallest absolute Gasteiger partial charge is 0.0609 e. The standard InChI is InChI=1S/C10H12N4/c11-13-12-9-5-1-2-6-10(9)14-7-3-4-8-14/h1-2,5-6H,3-4,7-8H2. The van der Waals surface area contributed by atoms with Crippen molar-refractivity contribution >= 4 is 11.4 Å². The molecule has 1 aliphatic rings. The van der Waals surface area contributed by atoms with Gasteiger partial charge in [0.2, 0.25) is 0 Å². The highest BCUT2D eigenvalue weighted by Crippen LogP contribution is 2.30. The Labute approximate surface area is 82.8 Å². The van der Waals surface area contributed by atoms with E-state index in [0.717, 1.165) is 24.5 Å². The summed E-state index contributed by atoms with van der Waals surface area (Å²) in [5.41, 5.74) is 10.2. The molecule has 1 aromatic carbocycles. The molecule has 1 aliphatic heterocycles. The van der Waals surface area contributed by atoms with Crippen LogP contribution in [0.1, 0.15) is 12.8 Å². The first-order valence-electron chi connectivity index (χ1n) is 4.81. The lowest BCUT2D eigenvalue weighted by Gasteiger charge is -2.19. The Kier molecular flexibility index (Phi) is 2.56. The molecule has 0 saturated carbocycles. The average molecular weight is 188 g/mol.